The van der Waals surface area contributed by atoms with Crippen molar-refractivity contribution in [2.45, 2.75) is 0 Å². The Balaban J connectivity index is 2.52. The van der Waals surface area contributed by atoms with Crippen LogP contribution in [0.15, 0.2) is 36.7 Å². The molecule has 2 rings (SSSR count). The number of allylic oxidation sites excluding steroid dienone is 1. The van der Waals surface area contributed by atoms with Crippen molar-refractivity contribution in [1.82, 2.24) is 4.98 Å². The minimum atomic E-state index is 0.436. The van der Waals surface area contributed by atoms with Crippen molar-refractivity contribution >= 4 is 34.2 Å². The first-order valence-electron chi connectivity index (χ1n) is 4.78. The van der Waals surface area contributed by atoms with Crippen LogP contribution in [0.25, 0.3) is 11.3 Å². The fourth-order valence-corrected chi connectivity index (χ4v) is 2.39. The van der Waals surface area contributed by atoms with E-state index in [1.54, 1.807) is 36.7 Å². The molecule has 0 aliphatic rings. The van der Waals surface area contributed by atoms with E-state index in [0.29, 0.717) is 15.6 Å². The van der Waals surface area contributed by atoms with Crippen molar-refractivity contribution in [2.24, 2.45) is 5.73 Å². The van der Waals surface area contributed by atoms with Crippen LogP contribution in [-0.4, -0.2) is 4.98 Å². The summed E-state index contributed by atoms with van der Waals surface area (Å²) in [6, 6.07) is 9.18. The van der Waals surface area contributed by atoms with Crippen LogP contribution < -0.4 is 5.73 Å². The minimum absolute atomic E-state index is 0.436. The van der Waals surface area contributed by atoms with Crippen molar-refractivity contribution in [3.8, 4) is 6.07 Å². The summed E-state index contributed by atoms with van der Waals surface area (Å²) in [5.41, 5.74) is 7.61. The topological polar surface area (TPSA) is 62.7 Å². The Kier molecular flexibility index (Phi) is 3.43. The number of pyridine rings is 1. The second kappa shape index (κ2) is 5.00. The number of aromatic nitrogens is 1. The first-order chi connectivity index (χ1) is 8.22. The first kappa shape index (κ1) is 11.6. The maximum Gasteiger partial charge on any atom is 0.102 e. The van der Waals surface area contributed by atoms with E-state index in [0.717, 1.165) is 10.4 Å². The van der Waals surface area contributed by atoms with Gasteiger partial charge in [-0.1, -0.05) is 11.6 Å². The zero-order valence-electron chi connectivity index (χ0n) is 8.72. The fraction of sp³-hybridized carbons (Fsp3) is 0. The Labute approximate surface area is 108 Å². The standard InChI is InChI=1S/C12H8ClN3S/c13-11-2-1-10(17-11)12(15)9(7-14)8-3-5-16-6-4-8/h1-6H,15H2/b12-9-. The molecule has 5 heteroatoms. The normalized spacial score (nSPS) is 11.8. The summed E-state index contributed by atoms with van der Waals surface area (Å²) >= 11 is 7.20. The summed E-state index contributed by atoms with van der Waals surface area (Å²) in [6.45, 7) is 0. The lowest BCUT2D eigenvalue weighted by Crippen LogP contribution is -1.98. The van der Waals surface area contributed by atoms with Gasteiger partial charge < -0.3 is 5.73 Å². The van der Waals surface area contributed by atoms with Crippen molar-refractivity contribution < 1.29 is 0 Å². The van der Waals surface area contributed by atoms with Gasteiger partial charge in [-0.2, -0.15) is 5.26 Å². The number of hydrogen-bond donors (Lipinski definition) is 1. The van der Waals surface area contributed by atoms with Gasteiger partial charge >= 0.3 is 0 Å². The molecule has 84 valence electrons. The van der Waals surface area contributed by atoms with Gasteiger partial charge in [-0.15, -0.1) is 11.3 Å². The molecule has 3 nitrogen and oxygen atoms in total. The average molecular weight is 262 g/mol. The highest BCUT2D eigenvalue weighted by Gasteiger charge is 2.09. The molecule has 0 fully saturated rings. The second-order valence-electron chi connectivity index (χ2n) is 3.24. The van der Waals surface area contributed by atoms with E-state index in [4.69, 9.17) is 17.3 Å². The highest BCUT2D eigenvalue weighted by molar-refractivity contribution is 7.17. The zero-order chi connectivity index (χ0) is 12.3. The molecule has 0 aromatic carbocycles. The number of nitrogens with two attached hydrogens (primary N) is 1. The fourth-order valence-electron chi connectivity index (χ4n) is 1.38. The molecular weight excluding hydrogens is 254 g/mol. The van der Waals surface area contributed by atoms with Crippen LogP contribution in [0.1, 0.15) is 10.4 Å². The van der Waals surface area contributed by atoms with Crippen LogP contribution in [-0.2, 0) is 0 Å². The summed E-state index contributed by atoms with van der Waals surface area (Å²) in [5, 5.41) is 9.18. The lowest BCUT2D eigenvalue weighted by Gasteiger charge is -2.03. The van der Waals surface area contributed by atoms with Crippen LogP contribution in [0.2, 0.25) is 4.34 Å². The molecule has 0 aliphatic heterocycles. The molecule has 0 saturated carbocycles. The molecule has 0 atom stereocenters. The monoisotopic (exact) mass is 261 g/mol. The molecule has 2 N–H and O–H groups in total. The largest absolute Gasteiger partial charge is 0.396 e. The molecule has 0 unspecified atom stereocenters. The Morgan fingerprint density at radius 2 is 2.00 bits per heavy atom. The van der Waals surface area contributed by atoms with Gasteiger partial charge in [0.1, 0.15) is 6.07 Å². The Morgan fingerprint density at radius 1 is 1.29 bits per heavy atom. The van der Waals surface area contributed by atoms with Gasteiger partial charge in [0.2, 0.25) is 0 Å². The molecule has 0 bridgehead atoms. The Hall–Kier alpha value is -1.83. The van der Waals surface area contributed by atoms with Gasteiger partial charge in [-0.05, 0) is 29.8 Å². The van der Waals surface area contributed by atoms with Crippen LogP contribution >= 0.6 is 22.9 Å². The van der Waals surface area contributed by atoms with Crippen molar-refractivity contribution in [3.63, 3.8) is 0 Å². The van der Waals surface area contributed by atoms with Gasteiger partial charge in [-0.25, -0.2) is 0 Å². The molecule has 17 heavy (non-hydrogen) atoms. The van der Waals surface area contributed by atoms with Crippen LogP contribution in [0.5, 0.6) is 0 Å². The molecule has 0 aliphatic carbocycles. The SMILES string of the molecule is N#C/C(=C(/N)c1ccc(Cl)s1)c1ccncc1. The van der Waals surface area contributed by atoms with Crippen LogP contribution in [0.4, 0.5) is 0 Å². The van der Waals surface area contributed by atoms with Crippen LogP contribution in [0, 0.1) is 11.3 Å². The third kappa shape index (κ3) is 2.47. The van der Waals surface area contributed by atoms with Gasteiger partial charge in [0.15, 0.2) is 0 Å². The van der Waals surface area contributed by atoms with E-state index in [1.807, 2.05) is 0 Å². The van der Waals surface area contributed by atoms with Crippen molar-refractivity contribution in [1.29, 1.82) is 5.26 Å². The number of rotatable bonds is 2. The third-order valence-corrected chi connectivity index (χ3v) is 3.45. The highest BCUT2D eigenvalue weighted by Crippen LogP contribution is 2.29. The maximum absolute atomic E-state index is 9.18. The summed E-state index contributed by atoms with van der Waals surface area (Å²) in [4.78, 5) is 4.70. The number of halogens is 1. The summed E-state index contributed by atoms with van der Waals surface area (Å²) in [6.07, 6.45) is 3.25. The van der Waals surface area contributed by atoms with E-state index < -0.39 is 0 Å². The molecular formula is C12H8ClN3S. The number of thiophene rings is 1. The predicted molar refractivity (Wildman–Crippen MR) is 70.2 cm³/mol. The van der Waals surface area contributed by atoms with Gasteiger partial charge in [-0.3, -0.25) is 4.98 Å². The smallest absolute Gasteiger partial charge is 0.102 e. The first-order valence-corrected chi connectivity index (χ1v) is 5.98. The van der Waals surface area contributed by atoms with Crippen LogP contribution in [0.3, 0.4) is 0 Å². The van der Waals surface area contributed by atoms with Gasteiger partial charge in [0, 0.05) is 12.4 Å². The highest BCUT2D eigenvalue weighted by atomic mass is 35.5. The number of nitriles is 1. The molecule has 0 amide bonds. The molecule has 0 spiro atoms. The molecule has 0 radical (unpaired) electrons. The lowest BCUT2D eigenvalue weighted by molar-refractivity contribution is 1.32. The number of hydrogen-bond acceptors (Lipinski definition) is 4. The van der Waals surface area contributed by atoms with Crippen molar-refractivity contribution in [2.75, 3.05) is 0 Å². The zero-order valence-corrected chi connectivity index (χ0v) is 10.3. The van der Waals surface area contributed by atoms with E-state index in [-0.39, 0.29) is 0 Å². The summed E-state index contributed by atoms with van der Waals surface area (Å²) in [5.74, 6) is 0. The lowest BCUT2D eigenvalue weighted by atomic mass is 10.1. The summed E-state index contributed by atoms with van der Waals surface area (Å²) < 4.78 is 0.648. The van der Waals surface area contributed by atoms with E-state index in [9.17, 15) is 5.26 Å². The third-order valence-electron chi connectivity index (χ3n) is 2.19. The molecule has 0 saturated heterocycles. The number of nitrogens with zero attached hydrogens (tertiary/aromatic N) is 2. The second-order valence-corrected chi connectivity index (χ2v) is 4.96. The van der Waals surface area contributed by atoms with Gasteiger partial charge in [0.25, 0.3) is 0 Å². The van der Waals surface area contributed by atoms with E-state index >= 15 is 0 Å². The maximum atomic E-state index is 9.18. The average Bonchev–Trinajstić information content (AvgIpc) is 2.78. The molecule has 2 heterocycles. The minimum Gasteiger partial charge on any atom is -0.396 e. The predicted octanol–water partition coefficient (Wildman–Crippen LogP) is 3.15. The molecule has 2 aromatic heterocycles. The Bertz CT molecular complexity index is 596. The molecule has 2 aromatic rings. The summed E-state index contributed by atoms with van der Waals surface area (Å²) in [7, 11) is 0. The van der Waals surface area contributed by atoms with E-state index in [1.165, 1.54) is 11.3 Å². The van der Waals surface area contributed by atoms with Crippen molar-refractivity contribution in [3.05, 3.63) is 51.4 Å². The van der Waals surface area contributed by atoms with Gasteiger partial charge in [0.05, 0.1) is 20.5 Å². The van der Waals surface area contributed by atoms with E-state index in [2.05, 4.69) is 11.1 Å². The quantitative estimate of drug-likeness (QED) is 0.845. The Morgan fingerprint density at radius 3 is 2.53 bits per heavy atom.